The molecule has 8 heteroatoms. The van der Waals surface area contributed by atoms with E-state index < -0.39 is 4.92 Å². The Labute approximate surface area is 150 Å². The summed E-state index contributed by atoms with van der Waals surface area (Å²) in [5, 5.41) is 13.7. The van der Waals surface area contributed by atoms with Gasteiger partial charge in [-0.2, -0.15) is 0 Å². The number of aryl methyl sites for hydroxylation is 1. The zero-order valence-corrected chi connectivity index (χ0v) is 14.8. The summed E-state index contributed by atoms with van der Waals surface area (Å²) >= 11 is 0. The molecule has 0 unspecified atom stereocenters. The molecule has 26 heavy (non-hydrogen) atoms. The third-order valence-electron chi connectivity index (χ3n) is 3.75. The molecule has 0 aromatic heterocycles. The fraction of sp³-hybridized carbons (Fsp3) is 0.278. The van der Waals surface area contributed by atoms with Gasteiger partial charge in [-0.1, -0.05) is 6.07 Å². The normalized spacial score (nSPS) is 10.1. The summed E-state index contributed by atoms with van der Waals surface area (Å²) < 4.78 is 15.3. The van der Waals surface area contributed by atoms with Crippen molar-refractivity contribution in [3.63, 3.8) is 0 Å². The maximum absolute atomic E-state index is 12.1. The number of nitrogens with zero attached hydrogens (tertiary/aromatic N) is 1. The molecule has 1 amide bonds. The van der Waals surface area contributed by atoms with Crippen molar-refractivity contribution in [2.45, 2.75) is 12.8 Å². The van der Waals surface area contributed by atoms with Crippen LogP contribution in [0.15, 0.2) is 36.4 Å². The predicted octanol–water partition coefficient (Wildman–Crippen LogP) is 3.19. The molecule has 8 nitrogen and oxygen atoms in total. The first-order valence-corrected chi connectivity index (χ1v) is 7.81. The lowest BCUT2D eigenvalue weighted by Crippen LogP contribution is -2.12. The van der Waals surface area contributed by atoms with Gasteiger partial charge in [-0.15, -0.1) is 0 Å². The number of amides is 1. The van der Waals surface area contributed by atoms with Crippen LogP contribution in [0.2, 0.25) is 0 Å². The van der Waals surface area contributed by atoms with E-state index in [9.17, 15) is 14.9 Å². The summed E-state index contributed by atoms with van der Waals surface area (Å²) in [7, 11) is 4.45. The van der Waals surface area contributed by atoms with E-state index in [0.717, 1.165) is 5.56 Å². The highest BCUT2D eigenvalue weighted by molar-refractivity contribution is 5.91. The second-order valence-corrected chi connectivity index (χ2v) is 5.38. The van der Waals surface area contributed by atoms with Gasteiger partial charge in [-0.25, -0.2) is 0 Å². The minimum Gasteiger partial charge on any atom is -0.493 e. The van der Waals surface area contributed by atoms with Crippen LogP contribution in [0.1, 0.15) is 12.0 Å². The summed E-state index contributed by atoms with van der Waals surface area (Å²) in [5.41, 5.74) is 1.05. The number of hydrogen-bond acceptors (Lipinski definition) is 6. The number of nitro benzene ring substituents is 1. The summed E-state index contributed by atoms with van der Waals surface area (Å²) in [6.45, 7) is 0. The lowest BCUT2D eigenvalue weighted by molar-refractivity contribution is -0.385. The van der Waals surface area contributed by atoms with Crippen LogP contribution >= 0.6 is 0 Å². The van der Waals surface area contributed by atoms with Crippen LogP contribution in [-0.4, -0.2) is 32.2 Å². The van der Waals surface area contributed by atoms with E-state index in [1.165, 1.54) is 19.2 Å². The van der Waals surface area contributed by atoms with Crippen molar-refractivity contribution in [2.75, 3.05) is 26.6 Å². The molecule has 0 saturated heterocycles. The fourth-order valence-electron chi connectivity index (χ4n) is 2.43. The maximum atomic E-state index is 12.1. The Balaban J connectivity index is 2.01. The molecule has 0 bridgehead atoms. The molecule has 0 aliphatic carbocycles. The quantitative estimate of drug-likeness (QED) is 0.573. The molecule has 0 saturated carbocycles. The number of anilines is 1. The van der Waals surface area contributed by atoms with Gasteiger partial charge in [0, 0.05) is 18.2 Å². The monoisotopic (exact) mass is 360 g/mol. The van der Waals surface area contributed by atoms with Gasteiger partial charge in [0.2, 0.25) is 5.91 Å². The Morgan fingerprint density at radius 3 is 2.27 bits per heavy atom. The third kappa shape index (κ3) is 4.62. The lowest BCUT2D eigenvalue weighted by atomic mass is 10.1. The van der Waals surface area contributed by atoms with Crippen molar-refractivity contribution in [3.8, 4) is 17.2 Å². The number of carbonyl (C=O) groups excluding carboxylic acids is 1. The Hall–Kier alpha value is -3.29. The molecule has 0 radical (unpaired) electrons. The standard InChI is InChI=1S/C18H20N2O6/c1-24-15-8-6-13(11-14(15)20(22)23)19-18(21)9-5-12-4-7-16(25-2)17(10-12)26-3/h4,6-8,10-11H,5,9H2,1-3H3,(H,19,21). The van der Waals surface area contributed by atoms with Crippen molar-refractivity contribution in [3.05, 3.63) is 52.1 Å². The van der Waals surface area contributed by atoms with Crippen LogP contribution in [0.4, 0.5) is 11.4 Å². The van der Waals surface area contributed by atoms with Gasteiger partial charge in [0.25, 0.3) is 0 Å². The third-order valence-corrected chi connectivity index (χ3v) is 3.75. The fourth-order valence-corrected chi connectivity index (χ4v) is 2.43. The first-order chi connectivity index (χ1) is 12.5. The van der Waals surface area contributed by atoms with Crippen LogP contribution < -0.4 is 19.5 Å². The molecule has 2 aromatic carbocycles. The zero-order valence-electron chi connectivity index (χ0n) is 14.8. The molecule has 1 N–H and O–H groups in total. The highest BCUT2D eigenvalue weighted by Crippen LogP contribution is 2.30. The van der Waals surface area contributed by atoms with Crippen LogP contribution in [-0.2, 0) is 11.2 Å². The molecule has 0 atom stereocenters. The topological polar surface area (TPSA) is 99.9 Å². The minimum absolute atomic E-state index is 0.137. The molecular formula is C18H20N2O6. The average Bonchev–Trinajstić information content (AvgIpc) is 2.65. The average molecular weight is 360 g/mol. The second kappa shape index (κ2) is 8.70. The van der Waals surface area contributed by atoms with Crippen LogP contribution in [0.5, 0.6) is 17.2 Å². The smallest absolute Gasteiger partial charge is 0.312 e. The van der Waals surface area contributed by atoms with Gasteiger partial charge in [0.1, 0.15) is 0 Å². The predicted molar refractivity (Wildman–Crippen MR) is 96.1 cm³/mol. The van der Waals surface area contributed by atoms with Crippen LogP contribution in [0.3, 0.4) is 0 Å². The van der Waals surface area contributed by atoms with Crippen molar-refractivity contribution >= 4 is 17.3 Å². The number of carbonyl (C=O) groups is 1. The van der Waals surface area contributed by atoms with E-state index in [2.05, 4.69) is 5.32 Å². The SMILES string of the molecule is COc1ccc(CCC(=O)Nc2ccc(OC)c([N+](=O)[O-])c2)cc1OC. The molecule has 0 aliphatic heterocycles. The first-order valence-electron chi connectivity index (χ1n) is 7.81. The first kappa shape index (κ1) is 19.0. The summed E-state index contributed by atoms with van der Waals surface area (Å²) in [6.07, 6.45) is 0.708. The number of nitrogens with one attached hydrogen (secondary N) is 1. The zero-order chi connectivity index (χ0) is 19.1. The molecule has 0 aliphatic rings. The Morgan fingerprint density at radius 1 is 1.00 bits per heavy atom. The van der Waals surface area contributed by atoms with E-state index in [-0.39, 0.29) is 23.8 Å². The Kier molecular flexibility index (Phi) is 6.37. The summed E-state index contributed by atoms with van der Waals surface area (Å²) in [4.78, 5) is 22.6. The molecule has 138 valence electrons. The molecule has 2 aromatic rings. The van der Waals surface area contributed by atoms with E-state index in [1.807, 2.05) is 12.1 Å². The van der Waals surface area contributed by atoms with Gasteiger partial charge in [-0.3, -0.25) is 14.9 Å². The molecule has 0 spiro atoms. The highest BCUT2D eigenvalue weighted by Gasteiger charge is 2.16. The largest absolute Gasteiger partial charge is 0.493 e. The number of ether oxygens (including phenoxy) is 3. The molecule has 2 rings (SSSR count). The highest BCUT2D eigenvalue weighted by atomic mass is 16.6. The van der Waals surface area contributed by atoms with Crippen molar-refractivity contribution < 1.29 is 23.9 Å². The number of hydrogen-bond donors (Lipinski definition) is 1. The molecular weight excluding hydrogens is 340 g/mol. The van der Waals surface area contributed by atoms with Crippen LogP contribution in [0, 0.1) is 10.1 Å². The Morgan fingerprint density at radius 2 is 1.65 bits per heavy atom. The van der Waals surface area contributed by atoms with E-state index in [1.54, 1.807) is 26.4 Å². The van der Waals surface area contributed by atoms with E-state index in [4.69, 9.17) is 14.2 Å². The second-order valence-electron chi connectivity index (χ2n) is 5.38. The number of benzene rings is 2. The molecule has 0 fully saturated rings. The van der Waals surface area contributed by atoms with Gasteiger partial charge < -0.3 is 19.5 Å². The van der Waals surface area contributed by atoms with Crippen molar-refractivity contribution in [2.24, 2.45) is 0 Å². The molecule has 0 heterocycles. The minimum atomic E-state index is -0.557. The summed E-state index contributed by atoms with van der Waals surface area (Å²) in [6, 6.07) is 9.71. The van der Waals surface area contributed by atoms with Gasteiger partial charge in [-0.05, 0) is 36.2 Å². The van der Waals surface area contributed by atoms with Crippen molar-refractivity contribution in [1.82, 2.24) is 0 Å². The lowest BCUT2D eigenvalue weighted by Gasteiger charge is -2.10. The van der Waals surface area contributed by atoms with Gasteiger partial charge >= 0.3 is 5.69 Å². The van der Waals surface area contributed by atoms with Gasteiger partial charge in [0.15, 0.2) is 17.2 Å². The number of methoxy groups -OCH3 is 3. The summed E-state index contributed by atoms with van der Waals surface area (Å²) in [5.74, 6) is 1.10. The maximum Gasteiger partial charge on any atom is 0.312 e. The number of rotatable bonds is 8. The van der Waals surface area contributed by atoms with Crippen LogP contribution in [0.25, 0.3) is 0 Å². The van der Waals surface area contributed by atoms with Crippen molar-refractivity contribution in [1.29, 1.82) is 0 Å². The number of nitro groups is 1. The van der Waals surface area contributed by atoms with E-state index >= 15 is 0 Å². The Bertz CT molecular complexity index is 806. The van der Waals surface area contributed by atoms with E-state index in [0.29, 0.717) is 23.6 Å². The van der Waals surface area contributed by atoms with Gasteiger partial charge in [0.05, 0.1) is 26.3 Å².